The summed E-state index contributed by atoms with van der Waals surface area (Å²) in [5.74, 6) is 0.241. The molecule has 0 atom stereocenters. The first kappa shape index (κ1) is 25.6. The van der Waals surface area contributed by atoms with Crippen molar-refractivity contribution in [2.75, 3.05) is 10.6 Å². The summed E-state index contributed by atoms with van der Waals surface area (Å²) in [6, 6.07) is 17.0. The summed E-state index contributed by atoms with van der Waals surface area (Å²) in [5, 5.41) is 5.76. The smallest absolute Gasteiger partial charge is 0.412 e. The number of anilines is 3. The maximum absolute atomic E-state index is 14.3. The first-order valence-electron chi connectivity index (χ1n) is 11.6. The molecule has 0 unspecified atom stereocenters. The van der Waals surface area contributed by atoms with Crippen LogP contribution in [0.1, 0.15) is 40.2 Å². The van der Waals surface area contributed by atoms with Gasteiger partial charge in [0.25, 0.3) is 0 Å². The molecule has 4 aromatic rings. The molecule has 0 saturated heterocycles. The molecular weight excluding hydrogens is 447 g/mol. The van der Waals surface area contributed by atoms with E-state index in [1.54, 1.807) is 55.9 Å². The predicted molar refractivity (Wildman–Crippen MR) is 136 cm³/mol. The molecule has 184 valence electrons. The Balaban J connectivity index is 0.00000167. The molecule has 8 nitrogen and oxygen atoms in total. The fourth-order valence-corrected chi connectivity index (χ4v) is 3.30. The number of fused-ring (bicyclic) bond motifs is 1. The molecule has 2 aromatic heterocycles. The summed E-state index contributed by atoms with van der Waals surface area (Å²) in [6.07, 6.45) is 0.980. The lowest BCUT2D eigenvalue weighted by molar-refractivity contribution is 0.0636. The Morgan fingerprint density at radius 1 is 1.03 bits per heavy atom. The third-order valence-electron chi connectivity index (χ3n) is 4.69. The van der Waals surface area contributed by atoms with Crippen molar-refractivity contribution in [3.05, 3.63) is 72.6 Å². The highest BCUT2D eigenvalue weighted by molar-refractivity contribution is 5.88. The molecular formula is C26H31FN6O2. The van der Waals surface area contributed by atoms with E-state index < -0.39 is 17.8 Å². The number of ether oxygens (including phenoxy) is 1. The SMILES string of the molecule is CC.CC(C)(C)OC(=O)Nc1cccc(Nc2nc(F)nc3c2ncn3CCc2ccccc2)c1. The average Bonchev–Trinajstić information content (AvgIpc) is 3.21. The van der Waals surface area contributed by atoms with E-state index in [9.17, 15) is 9.18 Å². The van der Waals surface area contributed by atoms with Crippen molar-refractivity contribution in [2.45, 2.75) is 53.2 Å². The molecule has 0 aliphatic rings. The van der Waals surface area contributed by atoms with Crippen LogP contribution >= 0.6 is 0 Å². The Hall–Kier alpha value is -4.01. The molecule has 0 spiro atoms. The van der Waals surface area contributed by atoms with Gasteiger partial charge in [0, 0.05) is 17.9 Å². The molecule has 0 saturated carbocycles. The molecule has 1 amide bonds. The number of benzene rings is 2. The number of imidazole rings is 1. The minimum absolute atomic E-state index is 0.241. The maximum atomic E-state index is 14.3. The summed E-state index contributed by atoms with van der Waals surface area (Å²) in [5.41, 5.74) is 2.54. The van der Waals surface area contributed by atoms with Gasteiger partial charge in [-0.1, -0.05) is 50.2 Å². The second-order valence-electron chi connectivity index (χ2n) is 8.52. The molecule has 9 heteroatoms. The van der Waals surface area contributed by atoms with E-state index >= 15 is 0 Å². The van der Waals surface area contributed by atoms with Gasteiger partial charge in [0.2, 0.25) is 0 Å². The van der Waals surface area contributed by atoms with Crippen LogP contribution in [0.25, 0.3) is 11.2 Å². The number of amides is 1. The summed E-state index contributed by atoms with van der Waals surface area (Å²) in [6.45, 7) is 9.97. The van der Waals surface area contributed by atoms with Gasteiger partial charge in [-0.05, 0) is 51.0 Å². The fourth-order valence-electron chi connectivity index (χ4n) is 3.30. The Morgan fingerprint density at radius 3 is 2.46 bits per heavy atom. The fraction of sp³-hybridized carbons (Fsp3) is 0.308. The van der Waals surface area contributed by atoms with Gasteiger partial charge < -0.3 is 14.6 Å². The van der Waals surface area contributed by atoms with E-state index in [0.717, 1.165) is 6.42 Å². The van der Waals surface area contributed by atoms with Crippen LogP contribution in [0, 0.1) is 6.08 Å². The summed E-state index contributed by atoms with van der Waals surface area (Å²) < 4.78 is 21.3. The van der Waals surface area contributed by atoms with Gasteiger partial charge in [0.1, 0.15) is 5.60 Å². The highest BCUT2D eigenvalue weighted by atomic mass is 19.1. The molecule has 35 heavy (non-hydrogen) atoms. The lowest BCUT2D eigenvalue weighted by atomic mass is 10.1. The number of aryl methyl sites for hydroxylation is 2. The number of aromatic nitrogens is 4. The molecule has 0 aliphatic carbocycles. The second kappa shape index (κ2) is 11.4. The van der Waals surface area contributed by atoms with E-state index in [1.807, 2.05) is 44.2 Å². The summed E-state index contributed by atoms with van der Waals surface area (Å²) >= 11 is 0. The third kappa shape index (κ3) is 7.23. The van der Waals surface area contributed by atoms with E-state index in [1.165, 1.54) is 5.56 Å². The quantitative estimate of drug-likeness (QED) is 0.315. The molecule has 2 N–H and O–H groups in total. The summed E-state index contributed by atoms with van der Waals surface area (Å²) in [4.78, 5) is 24.3. The minimum Gasteiger partial charge on any atom is -0.444 e. The van der Waals surface area contributed by atoms with Crippen LogP contribution in [0.5, 0.6) is 0 Å². The molecule has 4 rings (SSSR count). The minimum atomic E-state index is -0.852. The van der Waals surface area contributed by atoms with Crippen molar-refractivity contribution in [3.8, 4) is 0 Å². The predicted octanol–water partition coefficient (Wildman–Crippen LogP) is 6.32. The van der Waals surface area contributed by atoms with Crippen molar-refractivity contribution < 1.29 is 13.9 Å². The van der Waals surface area contributed by atoms with Gasteiger partial charge in [-0.2, -0.15) is 14.4 Å². The van der Waals surface area contributed by atoms with Gasteiger partial charge >= 0.3 is 12.2 Å². The van der Waals surface area contributed by atoms with Gasteiger partial charge in [0.05, 0.1) is 6.33 Å². The zero-order valence-corrected chi connectivity index (χ0v) is 20.7. The standard InChI is InChI=1S/C24H25FN6O2.C2H6/c1-24(2,3)33-23(32)28-18-11-7-10-17(14-18)27-20-19-21(30-22(25)29-20)31(15-26-19)13-12-16-8-5-4-6-9-16;1-2/h4-11,14-15H,12-13H2,1-3H3,(H,28,32)(H,27,29,30);1-2H3. The number of rotatable bonds is 6. The topological polar surface area (TPSA) is 94.0 Å². The zero-order valence-electron chi connectivity index (χ0n) is 20.7. The number of carbonyl (C=O) groups is 1. The molecule has 0 radical (unpaired) electrons. The van der Waals surface area contributed by atoms with Gasteiger partial charge in [-0.15, -0.1) is 0 Å². The van der Waals surface area contributed by atoms with E-state index in [2.05, 4.69) is 25.6 Å². The Bertz CT molecular complexity index is 1270. The Kier molecular flexibility index (Phi) is 8.35. The maximum Gasteiger partial charge on any atom is 0.412 e. The van der Waals surface area contributed by atoms with Crippen LogP contribution < -0.4 is 10.6 Å². The van der Waals surface area contributed by atoms with Crippen molar-refractivity contribution >= 4 is 34.4 Å². The summed E-state index contributed by atoms with van der Waals surface area (Å²) in [7, 11) is 0. The zero-order chi connectivity index (χ0) is 25.4. The Morgan fingerprint density at radius 2 is 1.74 bits per heavy atom. The normalized spacial score (nSPS) is 10.9. The number of halogens is 1. The Labute approximate surface area is 204 Å². The molecule has 2 aromatic carbocycles. The number of nitrogens with one attached hydrogen (secondary N) is 2. The van der Waals surface area contributed by atoms with Crippen molar-refractivity contribution in [1.29, 1.82) is 0 Å². The number of hydrogen-bond donors (Lipinski definition) is 2. The highest BCUT2D eigenvalue weighted by Crippen LogP contribution is 2.25. The van der Waals surface area contributed by atoms with Crippen molar-refractivity contribution in [1.82, 2.24) is 19.5 Å². The van der Waals surface area contributed by atoms with Crippen LogP contribution in [-0.2, 0) is 17.7 Å². The number of hydrogen-bond acceptors (Lipinski definition) is 6. The van der Waals surface area contributed by atoms with Crippen LogP contribution in [0.15, 0.2) is 60.9 Å². The lowest BCUT2D eigenvalue weighted by Crippen LogP contribution is -2.27. The van der Waals surface area contributed by atoms with Crippen LogP contribution in [-0.4, -0.2) is 31.2 Å². The third-order valence-corrected chi connectivity index (χ3v) is 4.69. The van der Waals surface area contributed by atoms with Crippen molar-refractivity contribution in [2.24, 2.45) is 0 Å². The van der Waals surface area contributed by atoms with E-state index in [0.29, 0.717) is 29.1 Å². The second-order valence-corrected chi connectivity index (χ2v) is 8.52. The van der Waals surface area contributed by atoms with Crippen LogP contribution in [0.3, 0.4) is 0 Å². The van der Waals surface area contributed by atoms with Gasteiger partial charge in [-0.3, -0.25) is 5.32 Å². The lowest BCUT2D eigenvalue weighted by Gasteiger charge is -2.19. The van der Waals surface area contributed by atoms with Crippen LogP contribution in [0.2, 0.25) is 0 Å². The molecule has 0 bridgehead atoms. The van der Waals surface area contributed by atoms with Crippen LogP contribution in [0.4, 0.5) is 26.4 Å². The van der Waals surface area contributed by atoms with Gasteiger partial charge in [-0.25, -0.2) is 9.78 Å². The van der Waals surface area contributed by atoms with Gasteiger partial charge in [0.15, 0.2) is 17.0 Å². The number of nitrogens with zero attached hydrogens (tertiary/aromatic N) is 4. The molecule has 0 fully saturated rings. The first-order chi connectivity index (χ1) is 16.8. The van der Waals surface area contributed by atoms with Crippen molar-refractivity contribution in [3.63, 3.8) is 0 Å². The largest absolute Gasteiger partial charge is 0.444 e. The molecule has 0 aliphatic heterocycles. The highest BCUT2D eigenvalue weighted by Gasteiger charge is 2.17. The van der Waals surface area contributed by atoms with E-state index in [4.69, 9.17) is 4.74 Å². The first-order valence-corrected chi connectivity index (χ1v) is 11.6. The van der Waals surface area contributed by atoms with E-state index in [-0.39, 0.29) is 5.82 Å². The average molecular weight is 479 g/mol. The number of carbonyl (C=O) groups excluding carboxylic acids is 1. The molecule has 2 heterocycles. The monoisotopic (exact) mass is 478 g/mol.